The minimum Gasteiger partial charge on any atom is -0.495 e. The second-order valence-corrected chi connectivity index (χ2v) is 6.42. The van der Waals surface area contributed by atoms with Crippen LogP contribution in [0.2, 0.25) is 0 Å². The predicted molar refractivity (Wildman–Crippen MR) is 89.7 cm³/mol. The van der Waals surface area contributed by atoms with Gasteiger partial charge in [-0.15, -0.1) is 11.3 Å². The average Bonchev–Trinajstić information content (AvgIpc) is 2.91. The number of rotatable bonds is 5. The van der Waals surface area contributed by atoms with Crippen LogP contribution < -0.4 is 10.1 Å². The zero-order valence-electron chi connectivity index (χ0n) is 11.3. The van der Waals surface area contributed by atoms with Crippen molar-refractivity contribution in [2.24, 2.45) is 0 Å². The van der Waals surface area contributed by atoms with Gasteiger partial charge in [0.05, 0.1) is 23.9 Å². The van der Waals surface area contributed by atoms with Crippen LogP contribution in [-0.2, 0) is 4.74 Å². The molecule has 0 amide bonds. The van der Waals surface area contributed by atoms with Crippen molar-refractivity contribution < 1.29 is 14.3 Å². The van der Waals surface area contributed by atoms with Crippen LogP contribution in [0.25, 0.3) is 0 Å². The molecule has 0 atom stereocenters. The van der Waals surface area contributed by atoms with E-state index in [4.69, 9.17) is 9.47 Å². The van der Waals surface area contributed by atoms with Gasteiger partial charge < -0.3 is 14.8 Å². The third-order valence-electron chi connectivity index (χ3n) is 2.47. The number of carbonyl (C=O) groups excluding carboxylic acids is 1. The van der Waals surface area contributed by atoms with Crippen molar-refractivity contribution in [2.75, 3.05) is 19.0 Å². The number of esters is 1. The van der Waals surface area contributed by atoms with Crippen molar-refractivity contribution in [3.05, 3.63) is 32.2 Å². The van der Waals surface area contributed by atoms with Crippen molar-refractivity contribution in [1.82, 2.24) is 4.98 Å². The van der Waals surface area contributed by atoms with E-state index in [1.807, 2.05) is 12.1 Å². The number of methoxy groups -OCH3 is 1. The Morgan fingerprint density at radius 2 is 2.14 bits per heavy atom. The van der Waals surface area contributed by atoms with Crippen molar-refractivity contribution in [2.45, 2.75) is 6.92 Å². The molecule has 0 fully saturated rings. The lowest BCUT2D eigenvalue weighted by atomic mass is 10.3. The van der Waals surface area contributed by atoms with Gasteiger partial charge in [-0.05, 0) is 44.8 Å². The van der Waals surface area contributed by atoms with Gasteiger partial charge in [0, 0.05) is 15.9 Å². The maximum Gasteiger partial charge on any atom is 0.357 e. The monoisotopic (exact) mass is 434 g/mol. The van der Waals surface area contributed by atoms with E-state index in [0.717, 1.165) is 14.6 Å². The normalized spacial score (nSPS) is 10.3. The second-order valence-electron chi connectivity index (χ2n) is 3.85. The highest BCUT2D eigenvalue weighted by atomic mass is 79.9. The van der Waals surface area contributed by atoms with Gasteiger partial charge in [-0.25, -0.2) is 9.78 Å². The van der Waals surface area contributed by atoms with E-state index in [0.29, 0.717) is 23.2 Å². The highest BCUT2D eigenvalue weighted by Crippen LogP contribution is 2.36. The number of halogens is 2. The predicted octanol–water partition coefficient (Wildman–Crippen LogP) is 4.60. The summed E-state index contributed by atoms with van der Waals surface area (Å²) in [6, 6.07) is 3.71. The van der Waals surface area contributed by atoms with E-state index in [1.165, 1.54) is 11.3 Å². The number of hydrogen-bond donors (Lipinski definition) is 1. The van der Waals surface area contributed by atoms with E-state index in [1.54, 1.807) is 19.4 Å². The summed E-state index contributed by atoms with van der Waals surface area (Å²) >= 11 is 8.20. The molecule has 0 saturated heterocycles. The van der Waals surface area contributed by atoms with Gasteiger partial charge in [0.15, 0.2) is 10.8 Å². The fourth-order valence-electron chi connectivity index (χ4n) is 1.53. The lowest BCUT2D eigenvalue weighted by Gasteiger charge is -2.10. The number of nitrogens with one attached hydrogen (secondary N) is 1. The van der Waals surface area contributed by atoms with Gasteiger partial charge in [0.25, 0.3) is 0 Å². The molecule has 0 spiro atoms. The molecule has 8 heteroatoms. The van der Waals surface area contributed by atoms with Gasteiger partial charge >= 0.3 is 5.97 Å². The minimum absolute atomic E-state index is 0.296. The molecule has 21 heavy (non-hydrogen) atoms. The molecule has 1 aromatic heterocycles. The van der Waals surface area contributed by atoms with Crippen molar-refractivity contribution in [3.8, 4) is 5.75 Å². The molecule has 1 heterocycles. The van der Waals surface area contributed by atoms with Crippen LogP contribution in [0.1, 0.15) is 17.4 Å². The van der Waals surface area contributed by atoms with Gasteiger partial charge in [-0.2, -0.15) is 0 Å². The molecule has 1 N–H and O–H groups in total. The molecule has 0 aliphatic rings. The topological polar surface area (TPSA) is 60.5 Å². The fraction of sp³-hybridized carbons (Fsp3) is 0.231. The quantitative estimate of drug-likeness (QED) is 0.695. The first-order chi connectivity index (χ1) is 10.0. The first-order valence-electron chi connectivity index (χ1n) is 5.97. The van der Waals surface area contributed by atoms with E-state index in [9.17, 15) is 4.79 Å². The van der Waals surface area contributed by atoms with E-state index < -0.39 is 5.97 Å². The van der Waals surface area contributed by atoms with Gasteiger partial charge in [-0.3, -0.25) is 0 Å². The molecule has 5 nitrogen and oxygen atoms in total. The Labute approximate surface area is 142 Å². The fourth-order valence-corrected chi connectivity index (χ4v) is 3.47. The van der Waals surface area contributed by atoms with Crippen molar-refractivity contribution in [3.63, 3.8) is 0 Å². The molecule has 0 saturated carbocycles. The number of ether oxygens (including phenoxy) is 2. The van der Waals surface area contributed by atoms with Gasteiger partial charge in [0.2, 0.25) is 0 Å². The van der Waals surface area contributed by atoms with E-state index >= 15 is 0 Å². The Morgan fingerprint density at radius 3 is 2.81 bits per heavy atom. The standard InChI is InChI=1S/C13H12Br2N2O3S/c1-3-20-12(18)10-6-21-13(17-10)16-9-5-11(19-2)8(15)4-7(9)14/h4-6H,3H2,1-2H3,(H,16,17). The van der Waals surface area contributed by atoms with Crippen LogP contribution in [0, 0.1) is 0 Å². The zero-order chi connectivity index (χ0) is 15.4. The zero-order valence-corrected chi connectivity index (χ0v) is 15.3. The largest absolute Gasteiger partial charge is 0.495 e. The summed E-state index contributed by atoms with van der Waals surface area (Å²) in [5, 5.41) is 5.40. The van der Waals surface area contributed by atoms with E-state index in [-0.39, 0.29) is 0 Å². The smallest absolute Gasteiger partial charge is 0.357 e. The number of nitrogens with zero attached hydrogens (tertiary/aromatic N) is 1. The first-order valence-corrected chi connectivity index (χ1v) is 8.44. The summed E-state index contributed by atoms with van der Waals surface area (Å²) < 4.78 is 11.9. The van der Waals surface area contributed by atoms with Gasteiger partial charge in [-0.1, -0.05) is 0 Å². The van der Waals surface area contributed by atoms with Crippen molar-refractivity contribution >= 4 is 60.0 Å². The average molecular weight is 436 g/mol. The van der Waals surface area contributed by atoms with Gasteiger partial charge in [0.1, 0.15) is 5.75 Å². The number of benzene rings is 1. The molecule has 0 aliphatic carbocycles. The summed E-state index contributed by atoms with van der Waals surface area (Å²) in [6.45, 7) is 2.09. The van der Waals surface area contributed by atoms with Crippen LogP contribution in [0.15, 0.2) is 26.5 Å². The number of carbonyl (C=O) groups is 1. The first kappa shape index (κ1) is 16.3. The third kappa shape index (κ3) is 3.96. The SMILES string of the molecule is CCOC(=O)c1csc(Nc2cc(OC)c(Br)cc2Br)n1. The second kappa shape index (κ2) is 7.24. The Kier molecular flexibility index (Phi) is 5.60. The number of hydrogen-bond acceptors (Lipinski definition) is 6. The molecule has 0 radical (unpaired) electrons. The number of anilines is 2. The summed E-state index contributed by atoms with van der Waals surface area (Å²) in [5.74, 6) is 0.275. The summed E-state index contributed by atoms with van der Waals surface area (Å²) in [5.41, 5.74) is 1.09. The summed E-state index contributed by atoms with van der Waals surface area (Å²) in [7, 11) is 1.60. The maximum absolute atomic E-state index is 11.6. The minimum atomic E-state index is -0.422. The van der Waals surface area contributed by atoms with Crippen LogP contribution >= 0.6 is 43.2 Å². The summed E-state index contributed by atoms with van der Waals surface area (Å²) in [4.78, 5) is 15.8. The third-order valence-corrected chi connectivity index (χ3v) is 4.51. The van der Waals surface area contributed by atoms with E-state index in [2.05, 4.69) is 42.2 Å². The van der Waals surface area contributed by atoms with Crippen LogP contribution in [0.3, 0.4) is 0 Å². The molecule has 0 aliphatic heterocycles. The highest BCUT2D eigenvalue weighted by molar-refractivity contribution is 9.11. The lowest BCUT2D eigenvalue weighted by Crippen LogP contribution is -2.05. The molecular formula is C13H12Br2N2O3S. The number of thiazole rings is 1. The molecule has 0 unspecified atom stereocenters. The lowest BCUT2D eigenvalue weighted by molar-refractivity contribution is 0.0520. The Balaban J connectivity index is 2.21. The van der Waals surface area contributed by atoms with Crippen molar-refractivity contribution in [1.29, 1.82) is 0 Å². The van der Waals surface area contributed by atoms with Crippen LogP contribution in [0.5, 0.6) is 5.75 Å². The maximum atomic E-state index is 11.6. The molecule has 112 valence electrons. The number of aromatic nitrogens is 1. The van der Waals surface area contributed by atoms with Crippen LogP contribution in [-0.4, -0.2) is 24.7 Å². The Morgan fingerprint density at radius 1 is 1.38 bits per heavy atom. The molecular weight excluding hydrogens is 424 g/mol. The highest BCUT2D eigenvalue weighted by Gasteiger charge is 2.13. The Hall–Kier alpha value is -1.12. The molecule has 0 bridgehead atoms. The molecule has 2 rings (SSSR count). The molecule has 2 aromatic rings. The summed E-state index contributed by atoms with van der Waals surface area (Å²) in [6.07, 6.45) is 0. The Bertz CT molecular complexity index is 661. The molecule has 1 aromatic carbocycles. The van der Waals surface area contributed by atoms with Crippen LogP contribution in [0.4, 0.5) is 10.8 Å².